The van der Waals surface area contributed by atoms with Gasteiger partial charge in [0.1, 0.15) is 0 Å². The van der Waals surface area contributed by atoms with Gasteiger partial charge in [-0.2, -0.15) is 0 Å². The lowest BCUT2D eigenvalue weighted by molar-refractivity contribution is -0.116. The summed E-state index contributed by atoms with van der Waals surface area (Å²) < 4.78 is 0. The van der Waals surface area contributed by atoms with E-state index in [1.165, 1.54) is 12.8 Å². The fraction of sp³-hybridized carbons (Fsp3) is 0.179. The van der Waals surface area contributed by atoms with Gasteiger partial charge in [-0.25, -0.2) is 0 Å². The monoisotopic (exact) mass is 434 g/mol. The van der Waals surface area contributed by atoms with Gasteiger partial charge in [0.2, 0.25) is 5.91 Å². The van der Waals surface area contributed by atoms with E-state index in [9.17, 15) is 4.79 Å². The quantitative estimate of drug-likeness (QED) is 0.434. The maximum atomic E-state index is 13.3. The average Bonchev–Trinajstić information content (AvgIpc) is 3.41. The first-order valence-electron chi connectivity index (χ1n) is 11.4. The smallest absolute Gasteiger partial charge is 0.236 e. The average molecular weight is 435 g/mol. The molecular formula is C28H26N4O. The van der Waals surface area contributed by atoms with Crippen molar-refractivity contribution >= 4 is 17.4 Å². The van der Waals surface area contributed by atoms with Crippen molar-refractivity contribution in [3.63, 3.8) is 0 Å². The second-order valence-electron chi connectivity index (χ2n) is 8.29. The molecule has 1 aliphatic rings. The molecule has 1 saturated heterocycles. The summed E-state index contributed by atoms with van der Waals surface area (Å²) in [4.78, 5) is 15.6. The minimum atomic E-state index is -0.379. The van der Waals surface area contributed by atoms with Gasteiger partial charge in [0.15, 0.2) is 5.82 Å². The molecule has 0 saturated carbocycles. The van der Waals surface area contributed by atoms with Crippen molar-refractivity contribution in [1.29, 1.82) is 0 Å². The molecule has 3 aromatic carbocycles. The zero-order chi connectivity index (χ0) is 22.5. The number of hydrogen-bond donors (Lipinski definition) is 1. The van der Waals surface area contributed by atoms with E-state index in [4.69, 9.17) is 0 Å². The lowest BCUT2D eigenvalue weighted by atomic mass is 9.90. The standard InChI is InChI=1S/C28H26N4O/c33-28(27(22-9-3-1-4-10-22)23-11-5-2-6-12-23)29-24-15-13-21(14-16-24)25-17-18-26(31-30-25)32-19-7-8-20-32/h1-6,9-18,27H,7-8,19-20H2,(H,29,33). The summed E-state index contributed by atoms with van der Waals surface area (Å²) in [6.07, 6.45) is 2.43. The largest absolute Gasteiger partial charge is 0.355 e. The molecule has 1 fully saturated rings. The summed E-state index contributed by atoms with van der Waals surface area (Å²) in [5, 5.41) is 11.9. The summed E-state index contributed by atoms with van der Waals surface area (Å²) in [7, 11) is 0. The van der Waals surface area contributed by atoms with E-state index >= 15 is 0 Å². The van der Waals surface area contributed by atoms with Crippen LogP contribution < -0.4 is 10.2 Å². The van der Waals surface area contributed by atoms with E-state index < -0.39 is 0 Å². The van der Waals surface area contributed by atoms with Crippen LogP contribution in [0.5, 0.6) is 0 Å². The van der Waals surface area contributed by atoms with Crippen LogP contribution in [0.2, 0.25) is 0 Å². The molecule has 4 aromatic rings. The number of nitrogens with one attached hydrogen (secondary N) is 1. The number of benzene rings is 3. The fourth-order valence-electron chi connectivity index (χ4n) is 4.32. The highest BCUT2D eigenvalue weighted by Gasteiger charge is 2.22. The predicted octanol–water partition coefficient (Wildman–Crippen LogP) is 5.51. The summed E-state index contributed by atoms with van der Waals surface area (Å²) >= 11 is 0. The maximum Gasteiger partial charge on any atom is 0.236 e. The lowest BCUT2D eigenvalue weighted by Gasteiger charge is -2.18. The van der Waals surface area contributed by atoms with Gasteiger partial charge in [-0.1, -0.05) is 72.8 Å². The van der Waals surface area contributed by atoms with Gasteiger partial charge in [0.05, 0.1) is 11.6 Å². The van der Waals surface area contributed by atoms with Crippen LogP contribution in [0.15, 0.2) is 97.1 Å². The molecule has 1 amide bonds. The Morgan fingerprint density at radius 2 is 1.33 bits per heavy atom. The van der Waals surface area contributed by atoms with Crippen LogP contribution in [-0.2, 0) is 4.79 Å². The zero-order valence-electron chi connectivity index (χ0n) is 18.4. The van der Waals surface area contributed by atoms with Crippen LogP contribution in [0.1, 0.15) is 29.9 Å². The molecule has 0 radical (unpaired) electrons. The number of carbonyl (C=O) groups excluding carboxylic acids is 1. The topological polar surface area (TPSA) is 58.1 Å². The van der Waals surface area contributed by atoms with E-state index in [1.54, 1.807) is 0 Å². The molecule has 5 rings (SSSR count). The Labute approximate surface area is 194 Å². The molecule has 164 valence electrons. The van der Waals surface area contributed by atoms with Gasteiger partial charge in [0.25, 0.3) is 0 Å². The van der Waals surface area contributed by atoms with Crippen LogP contribution in [0, 0.1) is 0 Å². The molecule has 0 aliphatic carbocycles. The van der Waals surface area contributed by atoms with Crippen molar-refractivity contribution < 1.29 is 4.79 Å². The number of hydrogen-bond acceptors (Lipinski definition) is 4. The summed E-state index contributed by atoms with van der Waals surface area (Å²) in [5.41, 5.74) is 4.47. The Morgan fingerprint density at radius 3 is 1.88 bits per heavy atom. The molecular weight excluding hydrogens is 408 g/mol. The van der Waals surface area contributed by atoms with Crippen LogP contribution in [0.25, 0.3) is 11.3 Å². The summed E-state index contributed by atoms with van der Waals surface area (Å²) in [6.45, 7) is 2.10. The van der Waals surface area contributed by atoms with E-state index in [0.29, 0.717) is 0 Å². The first-order valence-corrected chi connectivity index (χ1v) is 11.4. The van der Waals surface area contributed by atoms with Crippen molar-refractivity contribution in [3.8, 4) is 11.3 Å². The molecule has 5 heteroatoms. The van der Waals surface area contributed by atoms with Gasteiger partial charge in [-0.05, 0) is 48.2 Å². The van der Waals surface area contributed by atoms with Crippen molar-refractivity contribution in [2.24, 2.45) is 0 Å². The molecule has 2 heterocycles. The molecule has 1 aliphatic heterocycles. The third-order valence-electron chi connectivity index (χ3n) is 6.06. The third-order valence-corrected chi connectivity index (χ3v) is 6.06. The Kier molecular flexibility index (Phi) is 6.11. The van der Waals surface area contributed by atoms with E-state index in [1.807, 2.05) is 97.1 Å². The Hall–Kier alpha value is -3.99. The number of nitrogens with zero attached hydrogens (tertiary/aromatic N) is 3. The number of rotatable bonds is 6. The minimum absolute atomic E-state index is 0.0603. The third kappa shape index (κ3) is 4.77. The van der Waals surface area contributed by atoms with Crippen molar-refractivity contribution in [3.05, 3.63) is 108 Å². The van der Waals surface area contributed by atoms with Crippen LogP contribution in [0.4, 0.5) is 11.5 Å². The number of anilines is 2. The summed E-state index contributed by atoms with van der Waals surface area (Å²) in [6, 6.07) is 31.5. The van der Waals surface area contributed by atoms with Crippen molar-refractivity contribution in [2.45, 2.75) is 18.8 Å². The molecule has 1 aromatic heterocycles. The maximum absolute atomic E-state index is 13.3. The molecule has 0 atom stereocenters. The van der Waals surface area contributed by atoms with Gasteiger partial charge in [-0.15, -0.1) is 10.2 Å². The SMILES string of the molecule is O=C(Nc1ccc(-c2ccc(N3CCCC3)nn2)cc1)C(c1ccccc1)c1ccccc1. The van der Waals surface area contributed by atoms with Crippen LogP contribution in [0.3, 0.4) is 0 Å². The second-order valence-corrected chi connectivity index (χ2v) is 8.29. The minimum Gasteiger partial charge on any atom is -0.355 e. The number of carbonyl (C=O) groups is 1. The first-order chi connectivity index (χ1) is 16.3. The van der Waals surface area contributed by atoms with Gasteiger partial charge in [0, 0.05) is 24.3 Å². The Morgan fingerprint density at radius 1 is 0.727 bits per heavy atom. The second kappa shape index (κ2) is 9.65. The highest BCUT2D eigenvalue weighted by atomic mass is 16.1. The van der Waals surface area contributed by atoms with E-state index in [2.05, 4.69) is 20.4 Å². The number of amides is 1. The number of aromatic nitrogens is 2. The van der Waals surface area contributed by atoms with E-state index in [0.717, 1.165) is 47.0 Å². The molecule has 5 nitrogen and oxygen atoms in total. The van der Waals surface area contributed by atoms with Gasteiger partial charge < -0.3 is 10.2 Å². The van der Waals surface area contributed by atoms with Crippen molar-refractivity contribution in [1.82, 2.24) is 10.2 Å². The lowest BCUT2D eigenvalue weighted by Crippen LogP contribution is -2.22. The highest BCUT2D eigenvalue weighted by Crippen LogP contribution is 2.27. The fourth-order valence-corrected chi connectivity index (χ4v) is 4.32. The summed E-state index contributed by atoms with van der Waals surface area (Å²) in [5.74, 6) is 0.499. The predicted molar refractivity (Wildman–Crippen MR) is 132 cm³/mol. The zero-order valence-corrected chi connectivity index (χ0v) is 18.4. The molecule has 0 unspecified atom stereocenters. The van der Waals surface area contributed by atoms with E-state index in [-0.39, 0.29) is 11.8 Å². The normalized spacial score (nSPS) is 13.3. The van der Waals surface area contributed by atoms with Crippen molar-refractivity contribution in [2.75, 3.05) is 23.3 Å². The molecule has 0 bridgehead atoms. The Balaban J connectivity index is 1.32. The highest BCUT2D eigenvalue weighted by molar-refractivity contribution is 5.98. The van der Waals surface area contributed by atoms with Gasteiger partial charge in [-0.3, -0.25) is 4.79 Å². The molecule has 1 N–H and O–H groups in total. The molecule has 0 spiro atoms. The van der Waals surface area contributed by atoms with Crippen LogP contribution >= 0.6 is 0 Å². The molecule has 33 heavy (non-hydrogen) atoms. The van der Waals surface area contributed by atoms with Crippen LogP contribution in [-0.4, -0.2) is 29.2 Å². The Bertz CT molecular complexity index is 1150. The first kappa shape index (κ1) is 20.9. The van der Waals surface area contributed by atoms with Gasteiger partial charge >= 0.3 is 0 Å².